The fraction of sp³-hybridized carbons (Fsp3) is 0.526. The summed E-state index contributed by atoms with van der Waals surface area (Å²) in [5.74, 6) is 1.88. The highest BCUT2D eigenvalue weighted by molar-refractivity contribution is 5.76. The van der Waals surface area contributed by atoms with Crippen LogP contribution in [0.3, 0.4) is 0 Å². The highest BCUT2D eigenvalue weighted by Gasteiger charge is 2.12. The lowest BCUT2D eigenvalue weighted by Crippen LogP contribution is -2.10. The van der Waals surface area contributed by atoms with Crippen LogP contribution in [-0.2, 0) is 0 Å². The molecule has 0 heterocycles. The lowest BCUT2D eigenvalue weighted by molar-refractivity contribution is 0.304. The molecule has 3 aromatic carbocycles. The van der Waals surface area contributed by atoms with E-state index in [4.69, 9.17) is 9.47 Å². The van der Waals surface area contributed by atoms with Crippen LogP contribution in [0.25, 0.3) is 0 Å². The number of para-hydroxylation sites is 1. The van der Waals surface area contributed by atoms with E-state index in [1.807, 2.05) is 0 Å². The standard InChI is InChI=1S/C38H55NO2/c1-3-5-7-9-11-13-15-20-32-40-37-28-24-35(25-29-37)39(34-22-18-17-19-23-34)36-26-30-38(31-27-36)41-33-21-16-14-12-10-8-6-4-2/h17-19,22-31H,3-16,20-21,32-33H2,1-2H3. The summed E-state index contributed by atoms with van der Waals surface area (Å²) in [6.07, 6.45) is 21.0. The first-order valence-electron chi connectivity index (χ1n) is 16.6. The minimum absolute atomic E-state index is 0.789. The van der Waals surface area contributed by atoms with Gasteiger partial charge in [0.15, 0.2) is 0 Å². The normalized spacial score (nSPS) is 11.0. The minimum atomic E-state index is 0.789. The molecular weight excluding hydrogens is 502 g/mol. The second-order valence-corrected chi connectivity index (χ2v) is 11.3. The molecule has 3 nitrogen and oxygen atoms in total. The molecule has 0 atom stereocenters. The number of hydrogen-bond donors (Lipinski definition) is 0. The van der Waals surface area contributed by atoms with Gasteiger partial charge in [0, 0.05) is 17.1 Å². The highest BCUT2D eigenvalue weighted by Crippen LogP contribution is 2.36. The SMILES string of the molecule is CCCCCCCCCCOc1ccc(N(c2ccccc2)c2ccc(OCCCCCCCCCC)cc2)cc1. The van der Waals surface area contributed by atoms with Gasteiger partial charge in [-0.1, -0.05) is 122 Å². The van der Waals surface area contributed by atoms with Gasteiger partial charge in [0.25, 0.3) is 0 Å². The molecule has 0 saturated carbocycles. The number of ether oxygens (including phenoxy) is 2. The summed E-state index contributed by atoms with van der Waals surface area (Å²) in [6.45, 7) is 6.12. The number of nitrogens with zero attached hydrogens (tertiary/aromatic N) is 1. The van der Waals surface area contributed by atoms with Crippen LogP contribution in [0, 0.1) is 0 Å². The van der Waals surface area contributed by atoms with Crippen LogP contribution < -0.4 is 14.4 Å². The van der Waals surface area contributed by atoms with Crippen LogP contribution in [0.2, 0.25) is 0 Å². The van der Waals surface area contributed by atoms with Crippen LogP contribution in [0.4, 0.5) is 17.1 Å². The molecule has 0 fully saturated rings. The molecule has 0 saturated heterocycles. The van der Waals surface area contributed by atoms with E-state index in [9.17, 15) is 0 Å². The lowest BCUT2D eigenvalue weighted by atomic mass is 10.1. The largest absolute Gasteiger partial charge is 0.494 e. The zero-order valence-corrected chi connectivity index (χ0v) is 26.0. The van der Waals surface area contributed by atoms with Crippen molar-refractivity contribution in [1.29, 1.82) is 0 Å². The molecule has 0 aliphatic rings. The molecule has 3 rings (SSSR count). The Morgan fingerprint density at radius 3 is 1.12 bits per heavy atom. The number of unbranched alkanes of at least 4 members (excludes halogenated alkanes) is 14. The third-order valence-electron chi connectivity index (χ3n) is 7.74. The zero-order valence-electron chi connectivity index (χ0n) is 26.0. The second-order valence-electron chi connectivity index (χ2n) is 11.3. The summed E-state index contributed by atoms with van der Waals surface area (Å²) < 4.78 is 12.1. The van der Waals surface area contributed by atoms with Gasteiger partial charge in [-0.2, -0.15) is 0 Å². The Hall–Kier alpha value is -2.94. The van der Waals surface area contributed by atoms with E-state index in [1.54, 1.807) is 0 Å². The first-order valence-corrected chi connectivity index (χ1v) is 16.6. The third kappa shape index (κ3) is 13.1. The first-order chi connectivity index (χ1) is 20.3. The monoisotopic (exact) mass is 557 g/mol. The van der Waals surface area contributed by atoms with Gasteiger partial charge in [-0.05, 0) is 73.5 Å². The minimum Gasteiger partial charge on any atom is -0.494 e. The van der Waals surface area contributed by atoms with Crippen molar-refractivity contribution in [3.05, 3.63) is 78.9 Å². The number of anilines is 3. The van der Waals surface area contributed by atoms with Gasteiger partial charge < -0.3 is 14.4 Å². The molecular formula is C38H55NO2. The van der Waals surface area contributed by atoms with E-state index in [0.29, 0.717) is 0 Å². The molecule has 0 spiro atoms. The number of hydrogen-bond acceptors (Lipinski definition) is 3. The molecule has 41 heavy (non-hydrogen) atoms. The fourth-order valence-corrected chi connectivity index (χ4v) is 5.26. The molecule has 0 amide bonds. The molecule has 3 heteroatoms. The van der Waals surface area contributed by atoms with Gasteiger partial charge in [-0.15, -0.1) is 0 Å². The molecule has 0 N–H and O–H groups in total. The van der Waals surface area contributed by atoms with Gasteiger partial charge in [0.05, 0.1) is 13.2 Å². The van der Waals surface area contributed by atoms with Gasteiger partial charge >= 0.3 is 0 Å². The van der Waals surface area contributed by atoms with Gasteiger partial charge in [-0.25, -0.2) is 0 Å². The molecule has 0 unspecified atom stereocenters. The smallest absolute Gasteiger partial charge is 0.119 e. The summed E-state index contributed by atoms with van der Waals surface area (Å²) in [5, 5.41) is 0. The predicted octanol–water partition coefficient (Wildman–Crippen LogP) is 12.2. The van der Waals surface area contributed by atoms with Crippen molar-refractivity contribution in [1.82, 2.24) is 0 Å². The maximum absolute atomic E-state index is 6.06. The highest BCUT2D eigenvalue weighted by atomic mass is 16.5. The van der Waals surface area contributed by atoms with Crippen LogP contribution in [0.15, 0.2) is 78.9 Å². The third-order valence-corrected chi connectivity index (χ3v) is 7.74. The Morgan fingerprint density at radius 1 is 0.390 bits per heavy atom. The fourth-order valence-electron chi connectivity index (χ4n) is 5.26. The first kappa shape index (κ1) is 32.6. The maximum Gasteiger partial charge on any atom is 0.119 e. The Bertz CT molecular complexity index is 951. The summed E-state index contributed by atoms with van der Waals surface area (Å²) in [4.78, 5) is 2.28. The second kappa shape index (κ2) is 20.9. The maximum atomic E-state index is 6.06. The Balaban J connectivity index is 1.47. The van der Waals surface area contributed by atoms with Crippen molar-refractivity contribution in [2.75, 3.05) is 18.1 Å². The van der Waals surface area contributed by atoms with Crippen molar-refractivity contribution in [2.45, 2.75) is 117 Å². The van der Waals surface area contributed by atoms with Crippen molar-refractivity contribution in [2.24, 2.45) is 0 Å². The summed E-state index contributed by atoms with van der Waals surface area (Å²) >= 11 is 0. The van der Waals surface area contributed by atoms with Gasteiger partial charge in [0.2, 0.25) is 0 Å². The van der Waals surface area contributed by atoms with E-state index < -0.39 is 0 Å². The van der Waals surface area contributed by atoms with E-state index in [0.717, 1.165) is 54.6 Å². The van der Waals surface area contributed by atoms with E-state index in [1.165, 1.54) is 89.9 Å². The van der Waals surface area contributed by atoms with Crippen molar-refractivity contribution in [3.8, 4) is 11.5 Å². The quantitative estimate of drug-likeness (QED) is 0.108. The average molecular weight is 558 g/mol. The summed E-state index contributed by atoms with van der Waals surface area (Å²) in [7, 11) is 0. The predicted molar refractivity (Wildman–Crippen MR) is 177 cm³/mol. The molecule has 224 valence electrons. The van der Waals surface area contributed by atoms with Gasteiger partial charge in [0.1, 0.15) is 11.5 Å². The average Bonchev–Trinajstić information content (AvgIpc) is 3.01. The van der Waals surface area contributed by atoms with Crippen molar-refractivity contribution < 1.29 is 9.47 Å². The Labute approximate surface area is 251 Å². The van der Waals surface area contributed by atoms with Crippen LogP contribution in [0.1, 0.15) is 117 Å². The van der Waals surface area contributed by atoms with Crippen LogP contribution in [0.5, 0.6) is 11.5 Å². The Morgan fingerprint density at radius 2 is 0.732 bits per heavy atom. The zero-order chi connectivity index (χ0) is 28.8. The molecule has 3 aromatic rings. The van der Waals surface area contributed by atoms with E-state index >= 15 is 0 Å². The lowest BCUT2D eigenvalue weighted by Gasteiger charge is -2.25. The summed E-state index contributed by atoms with van der Waals surface area (Å²) in [5.41, 5.74) is 3.36. The molecule has 0 radical (unpaired) electrons. The van der Waals surface area contributed by atoms with Crippen molar-refractivity contribution >= 4 is 17.1 Å². The number of rotatable bonds is 23. The van der Waals surface area contributed by atoms with Crippen LogP contribution >= 0.6 is 0 Å². The molecule has 0 aliphatic carbocycles. The molecule has 0 aliphatic heterocycles. The van der Waals surface area contributed by atoms with Gasteiger partial charge in [-0.3, -0.25) is 0 Å². The molecule has 0 bridgehead atoms. The van der Waals surface area contributed by atoms with E-state index in [2.05, 4.69) is 97.6 Å². The Kier molecular flexibility index (Phi) is 16.6. The summed E-state index contributed by atoms with van der Waals surface area (Å²) in [6, 6.07) is 27.5. The topological polar surface area (TPSA) is 21.7 Å². The molecule has 0 aromatic heterocycles. The van der Waals surface area contributed by atoms with E-state index in [-0.39, 0.29) is 0 Å². The number of benzene rings is 3. The van der Waals surface area contributed by atoms with Crippen LogP contribution in [-0.4, -0.2) is 13.2 Å². The van der Waals surface area contributed by atoms with Crippen molar-refractivity contribution in [3.63, 3.8) is 0 Å².